The predicted octanol–water partition coefficient (Wildman–Crippen LogP) is 1.67. The van der Waals surface area contributed by atoms with Gasteiger partial charge in [-0.05, 0) is 40.5 Å². The molecule has 12 heavy (non-hydrogen) atoms. The number of likely N-dealkylation sites (tertiary alicyclic amines) is 1. The van der Waals surface area contributed by atoms with Gasteiger partial charge < -0.3 is 9.80 Å². The minimum absolute atomic E-state index is 0.791. The number of piperidine rings is 1. The molecule has 0 aromatic carbocycles. The fraction of sp³-hybridized carbons (Fsp3) is 1.00. The maximum atomic E-state index is 2.41. The van der Waals surface area contributed by atoms with Gasteiger partial charge in [-0.1, -0.05) is 13.8 Å². The molecule has 0 amide bonds. The van der Waals surface area contributed by atoms with Gasteiger partial charge in [-0.2, -0.15) is 0 Å². The van der Waals surface area contributed by atoms with Crippen LogP contribution in [0.25, 0.3) is 0 Å². The van der Waals surface area contributed by atoms with Crippen molar-refractivity contribution in [2.75, 3.05) is 34.2 Å². The average Bonchev–Trinajstić information content (AvgIpc) is 2.08. The van der Waals surface area contributed by atoms with Gasteiger partial charge in [0, 0.05) is 12.6 Å². The molecule has 0 saturated carbocycles. The predicted molar refractivity (Wildman–Crippen MR) is 55.6 cm³/mol. The molecule has 0 N–H and O–H groups in total. The minimum atomic E-state index is 0.791. The van der Waals surface area contributed by atoms with Crippen molar-refractivity contribution in [2.45, 2.75) is 32.7 Å². The summed E-state index contributed by atoms with van der Waals surface area (Å²) in [6, 6.07) is 0.791. The van der Waals surface area contributed by atoms with Crippen molar-refractivity contribution in [2.24, 2.45) is 0 Å². The van der Waals surface area contributed by atoms with Gasteiger partial charge in [0.25, 0.3) is 0 Å². The van der Waals surface area contributed by atoms with Crippen LogP contribution in [-0.2, 0) is 0 Å². The highest BCUT2D eigenvalue weighted by Gasteiger charge is 2.17. The topological polar surface area (TPSA) is 6.48 Å². The molecule has 74 valence electrons. The third kappa shape index (κ3) is 4.07. The minimum Gasteiger partial charge on any atom is -0.305 e. The van der Waals surface area contributed by atoms with Crippen molar-refractivity contribution in [3.8, 4) is 0 Å². The van der Waals surface area contributed by atoms with Crippen molar-refractivity contribution in [3.63, 3.8) is 0 Å². The second kappa shape index (κ2) is 6.44. The summed E-state index contributed by atoms with van der Waals surface area (Å²) in [5, 5.41) is 0. The highest BCUT2D eigenvalue weighted by molar-refractivity contribution is 4.75. The highest BCUT2D eigenvalue weighted by Crippen LogP contribution is 2.11. The van der Waals surface area contributed by atoms with Crippen molar-refractivity contribution in [3.05, 3.63) is 0 Å². The van der Waals surface area contributed by atoms with Crippen LogP contribution < -0.4 is 0 Å². The fourth-order valence-electron chi connectivity index (χ4n) is 1.56. The van der Waals surface area contributed by atoms with Crippen molar-refractivity contribution >= 4 is 0 Å². The van der Waals surface area contributed by atoms with Gasteiger partial charge in [-0.3, -0.25) is 0 Å². The molecular formula is C10H24N2. The van der Waals surface area contributed by atoms with E-state index in [9.17, 15) is 0 Å². The van der Waals surface area contributed by atoms with E-state index < -0.39 is 0 Å². The van der Waals surface area contributed by atoms with Gasteiger partial charge in [0.15, 0.2) is 0 Å². The first-order valence-corrected chi connectivity index (χ1v) is 5.05. The van der Waals surface area contributed by atoms with Crippen LogP contribution in [0.4, 0.5) is 0 Å². The first-order chi connectivity index (χ1) is 5.70. The van der Waals surface area contributed by atoms with Crippen LogP contribution in [0.3, 0.4) is 0 Å². The van der Waals surface area contributed by atoms with E-state index in [2.05, 4.69) is 30.9 Å². The summed E-state index contributed by atoms with van der Waals surface area (Å²) < 4.78 is 0. The highest BCUT2D eigenvalue weighted by atomic mass is 15.2. The third-order valence-corrected chi connectivity index (χ3v) is 2.33. The lowest BCUT2D eigenvalue weighted by molar-refractivity contribution is 0.155. The number of nitrogens with zero attached hydrogens (tertiary/aromatic N) is 2. The molecule has 1 atom stereocenters. The summed E-state index contributed by atoms with van der Waals surface area (Å²) in [4.78, 5) is 4.74. The monoisotopic (exact) mass is 172 g/mol. The van der Waals surface area contributed by atoms with Crippen molar-refractivity contribution in [1.29, 1.82) is 0 Å². The van der Waals surface area contributed by atoms with E-state index in [0.29, 0.717) is 0 Å². The molecule has 1 unspecified atom stereocenters. The van der Waals surface area contributed by atoms with Crippen molar-refractivity contribution in [1.82, 2.24) is 9.80 Å². The Balaban J connectivity index is 0.000000561. The average molecular weight is 172 g/mol. The molecular weight excluding hydrogens is 148 g/mol. The summed E-state index contributed by atoms with van der Waals surface area (Å²) in [6.45, 7) is 6.53. The van der Waals surface area contributed by atoms with Crippen LogP contribution in [0.2, 0.25) is 0 Å². The number of likely N-dealkylation sites (N-methyl/N-ethyl adjacent to an activating group) is 2. The molecule has 0 aromatic heterocycles. The number of rotatable bonds is 1. The lowest BCUT2D eigenvalue weighted by atomic mass is 10.1. The lowest BCUT2D eigenvalue weighted by Crippen LogP contribution is -2.43. The quantitative estimate of drug-likeness (QED) is 0.593. The van der Waals surface area contributed by atoms with E-state index in [-0.39, 0.29) is 0 Å². The second-order valence-corrected chi connectivity index (χ2v) is 3.52. The van der Waals surface area contributed by atoms with Gasteiger partial charge in [-0.25, -0.2) is 0 Å². The zero-order valence-electron chi connectivity index (χ0n) is 9.30. The maximum absolute atomic E-state index is 2.41. The fourth-order valence-corrected chi connectivity index (χ4v) is 1.56. The first kappa shape index (κ1) is 11.9. The molecule has 1 aliphatic heterocycles. The molecule has 2 nitrogen and oxygen atoms in total. The lowest BCUT2D eigenvalue weighted by Gasteiger charge is -2.33. The molecule has 1 aliphatic rings. The number of hydrogen-bond donors (Lipinski definition) is 0. The molecule has 0 aliphatic carbocycles. The van der Waals surface area contributed by atoms with Gasteiger partial charge >= 0.3 is 0 Å². The van der Waals surface area contributed by atoms with E-state index >= 15 is 0 Å². The maximum Gasteiger partial charge on any atom is 0.0217 e. The van der Waals surface area contributed by atoms with E-state index in [1.165, 1.54) is 25.9 Å². The van der Waals surface area contributed by atoms with Crippen LogP contribution >= 0.6 is 0 Å². The van der Waals surface area contributed by atoms with Crippen LogP contribution in [-0.4, -0.2) is 50.1 Å². The van der Waals surface area contributed by atoms with E-state index in [1.54, 1.807) is 0 Å². The van der Waals surface area contributed by atoms with E-state index in [4.69, 9.17) is 0 Å². The van der Waals surface area contributed by atoms with Gasteiger partial charge in [0.05, 0.1) is 0 Å². The third-order valence-electron chi connectivity index (χ3n) is 2.33. The standard InChI is InChI=1S/C8H18N2.C2H6/c1-9(2)8-5-4-6-10(3)7-8;1-2/h8H,4-7H2,1-3H3;1-2H3. The Morgan fingerprint density at radius 3 is 2.17 bits per heavy atom. The normalized spacial score (nSPS) is 25.0. The molecule has 2 heteroatoms. The SMILES string of the molecule is CC.CN1CCCC(N(C)C)C1. The Kier molecular flexibility index (Phi) is 6.39. The Morgan fingerprint density at radius 1 is 1.25 bits per heavy atom. The molecule has 0 aromatic rings. The van der Waals surface area contributed by atoms with Crippen LogP contribution in [0, 0.1) is 0 Å². The van der Waals surface area contributed by atoms with E-state index in [0.717, 1.165) is 6.04 Å². The zero-order chi connectivity index (χ0) is 9.56. The van der Waals surface area contributed by atoms with Gasteiger partial charge in [0.2, 0.25) is 0 Å². The largest absolute Gasteiger partial charge is 0.305 e. The Labute approximate surface area is 77.5 Å². The second-order valence-electron chi connectivity index (χ2n) is 3.52. The van der Waals surface area contributed by atoms with Gasteiger partial charge in [-0.15, -0.1) is 0 Å². The Hall–Kier alpha value is -0.0800. The van der Waals surface area contributed by atoms with Crippen molar-refractivity contribution < 1.29 is 0 Å². The first-order valence-electron chi connectivity index (χ1n) is 5.05. The van der Waals surface area contributed by atoms with Crippen LogP contribution in [0.15, 0.2) is 0 Å². The van der Waals surface area contributed by atoms with Gasteiger partial charge in [0.1, 0.15) is 0 Å². The summed E-state index contributed by atoms with van der Waals surface area (Å²) in [6.07, 6.45) is 2.73. The van der Waals surface area contributed by atoms with E-state index in [1.807, 2.05) is 13.8 Å². The molecule has 1 fully saturated rings. The molecule has 0 bridgehead atoms. The summed E-state index contributed by atoms with van der Waals surface area (Å²) in [5.74, 6) is 0. The molecule has 1 rings (SSSR count). The number of hydrogen-bond acceptors (Lipinski definition) is 2. The molecule has 0 radical (unpaired) electrons. The molecule has 1 saturated heterocycles. The summed E-state index contributed by atoms with van der Waals surface area (Å²) >= 11 is 0. The molecule has 1 heterocycles. The Morgan fingerprint density at radius 2 is 1.83 bits per heavy atom. The molecule has 0 spiro atoms. The zero-order valence-corrected chi connectivity index (χ0v) is 9.30. The smallest absolute Gasteiger partial charge is 0.0217 e. The van der Waals surface area contributed by atoms with Crippen LogP contribution in [0.1, 0.15) is 26.7 Å². The Bertz CT molecular complexity index is 102. The summed E-state index contributed by atoms with van der Waals surface area (Å²) in [5.41, 5.74) is 0. The van der Waals surface area contributed by atoms with Crippen LogP contribution in [0.5, 0.6) is 0 Å². The summed E-state index contributed by atoms with van der Waals surface area (Å²) in [7, 11) is 6.54.